The molecule has 0 spiro atoms. The third-order valence-electron chi connectivity index (χ3n) is 3.94. The molecule has 1 amide bonds. The van der Waals surface area contributed by atoms with Crippen LogP contribution < -0.4 is 11.1 Å². The summed E-state index contributed by atoms with van der Waals surface area (Å²) in [5, 5.41) is 14.8. The highest BCUT2D eigenvalue weighted by atomic mass is 79.9. The fourth-order valence-corrected chi connectivity index (χ4v) is 2.84. The number of nitrogens with zero attached hydrogens (tertiary/aromatic N) is 1. The van der Waals surface area contributed by atoms with Crippen LogP contribution in [0.15, 0.2) is 33.9 Å². The minimum atomic E-state index is -0.838. The molecule has 1 saturated carbocycles. The molecule has 20 heavy (non-hydrogen) atoms. The molecule has 0 aromatic heterocycles. The lowest BCUT2D eigenvalue weighted by atomic mass is 9.67. The minimum absolute atomic E-state index is 0.00249. The smallest absolute Gasteiger partial charge is 0.234 e. The molecule has 1 aliphatic carbocycles. The van der Waals surface area contributed by atoms with Gasteiger partial charge in [-0.25, -0.2) is 0 Å². The van der Waals surface area contributed by atoms with E-state index >= 15 is 0 Å². The van der Waals surface area contributed by atoms with E-state index in [4.69, 9.17) is 10.9 Å². The summed E-state index contributed by atoms with van der Waals surface area (Å²) in [5.41, 5.74) is 5.85. The zero-order valence-electron chi connectivity index (χ0n) is 11.3. The van der Waals surface area contributed by atoms with Crippen LogP contribution in [0, 0.1) is 5.41 Å². The van der Waals surface area contributed by atoms with Gasteiger partial charge in [-0.2, -0.15) is 0 Å². The second kappa shape index (κ2) is 5.83. The van der Waals surface area contributed by atoms with Gasteiger partial charge in [0, 0.05) is 4.47 Å². The number of hydrogen-bond donors (Lipinski definition) is 3. The van der Waals surface area contributed by atoms with Crippen LogP contribution in [0.3, 0.4) is 0 Å². The van der Waals surface area contributed by atoms with Gasteiger partial charge < -0.3 is 16.3 Å². The van der Waals surface area contributed by atoms with Crippen molar-refractivity contribution >= 4 is 27.7 Å². The first kappa shape index (κ1) is 14.8. The number of amidine groups is 1. The van der Waals surface area contributed by atoms with Crippen molar-refractivity contribution in [3.05, 3.63) is 34.3 Å². The Hall–Kier alpha value is -1.56. The van der Waals surface area contributed by atoms with Crippen molar-refractivity contribution in [2.24, 2.45) is 16.3 Å². The summed E-state index contributed by atoms with van der Waals surface area (Å²) in [6.45, 7) is 1.91. The normalized spacial score (nSPS) is 19.0. The largest absolute Gasteiger partial charge is 0.409 e. The predicted octanol–water partition coefficient (Wildman–Crippen LogP) is 2.54. The number of hydrogen-bond acceptors (Lipinski definition) is 3. The molecule has 5 nitrogen and oxygen atoms in total. The van der Waals surface area contributed by atoms with Crippen LogP contribution in [0.5, 0.6) is 0 Å². The van der Waals surface area contributed by atoms with Gasteiger partial charge >= 0.3 is 0 Å². The minimum Gasteiger partial charge on any atom is -0.409 e. The van der Waals surface area contributed by atoms with E-state index in [1.54, 1.807) is 0 Å². The molecule has 1 unspecified atom stereocenters. The summed E-state index contributed by atoms with van der Waals surface area (Å²) in [6.07, 6.45) is 2.16. The average molecular weight is 340 g/mol. The number of nitrogens with two attached hydrogens (primary N) is 1. The second-order valence-corrected chi connectivity index (χ2v) is 6.09. The Labute approximate surface area is 126 Å². The first-order valence-corrected chi connectivity index (χ1v) is 7.33. The summed E-state index contributed by atoms with van der Waals surface area (Å²) in [6, 6.07) is 7.63. The number of oxime groups is 1. The molecule has 4 N–H and O–H groups in total. The van der Waals surface area contributed by atoms with E-state index < -0.39 is 5.41 Å². The molecule has 2 rings (SSSR count). The number of rotatable bonds is 4. The third-order valence-corrected chi connectivity index (χ3v) is 4.43. The lowest BCUT2D eigenvalue weighted by Gasteiger charge is -2.39. The van der Waals surface area contributed by atoms with Gasteiger partial charge in [0.05, 0.1) is 6.04 Å². The molecule has 0 heterocycles. The van der Waals surface area contributed by atoms with Crippen LogP contribution in [0.25, 0.3) is 0 Å². The standard InChI is InChI=1S/C14H18BrN3O2/c1-9(10-4-2-5-11(15)8-10)17-13(19)14(6-3-7-14)12(16)18-20/h2,4-5,8-9,20H,3,6-7H2,1H3,(H2,16,18)(H,17,19). The van der Waals surface area contributed by atoms with E-state index in [9.17, 15) is 4.79 Å². The third kappa shape index (κ3) is 2.65. The summed E-state index contributed by atoms with van der Waals surface area (Å²) in [5.74, 6) is -0.172. The van der Waals surface area contributed by atoms with Gasteiger partial charge in [-0.3, -0.25) is 4.79 Å². The SMILES string of the molecule is CC(NC(=O)C1(/C(N)=N/O)CCC1)c1cccc(Br)c1. The molecule has 0 radical (unpaired) electrons. The average Bonchev–Trinajstić information content (AvgIpc) is 2.37. The van der Waals surface area contributed by atoms with Gasteiger partial charge in [0.1, 0.15) is 5.41 Å². The number of benzene rings is 1. The van der Waals surface area contributed by atoms with Crippen molar-refractivity contribution in [1.82, 2.24) is 5.32 Å². The Morgan fingerprint density at radius 3 is 2.75 bits per heavy atom. The van der Waals surface area contributed by atoms with Gasteiger partial charge in [-0.05, 0) is 37.5 Å². The highest BCUT2D eigenvalue weighted by Crippen LogP contribution is 2.41. The fourth-order valence-electron chi connectivity index (χ4n) is 2.42. The van der Waals surface area contributed by atoms with E-state index in [1.807, 2.05) is 31.2 Å². The van der Waals surface area contributed by atoms with Gasteiger partial charge in [0.15, 0.2) is 5.84 Å². The predicted molar refractivity (Wildman–Crippen MR) is 80.4 cm³/mol. The highest BCUT2D eigenvalue weighted by Gasteiger charge is 2.48. The maximum absolute atomic E-state index is 12.4. The molecule has 0 saturated heterocycles. The summed E-state index contributed by atoms with van der Waals surface area (Å²) in [4.78, 5) is 12.4. The Bertz CT molecular complexity index is 541. The quantitative estimate of drug-likeness (QED) is 0.341. The summed E-state index contributed by atoms with van der Waals surface area (Å²) < 4.78 is 0.964. The Morgan fingerprint density at radius 1 is 1.55 bits per heavy atom. The number of nitrogens with one attached hydrogen (secondary N) is 1. The zero-order valence-corrected chi connectivity index (χ0v) is 12.9. The van der Waals surface area contributed by atoms with E-state index in [-0.39, 0.29) is 17.8 Å². The molecule has 1 aromatic rings. The van der Waals surface area contributed by atoms with Crippen LogP contribution >= 0.6 is 15.9 Å². The first-order valence-electron chi connectivity index (χ1n) is 6.54. The Balaban J connectivity index is 2.11. The molecular weight excluding hydrogens is 322 g/mol. The topological polar surface area (TPSA) is 87.7 Å². The van der Waals surface area contributed by atoms with Crippen molar-refractivity contribution in [2.45, 2.75) is 32.2 Å². The van der Waals surface area contributed by atoms with E-state index in [0.717, 1.165) is 16.5 Å². The number of carbonyl (C=O) groups excluding carboxylic acids is 1. The van der Waals surface area contributed by atoms with Crippen molar-refractivity contribution < 1.29 is 10.0 Å². The molecule has 1 aromatic carbocycles. The van der Waals surface area contributed by atoms with Gasteiger partial charge in [-0.15, -0.1) is 0 Å². The first-order chi connectivity index (χ1) is 9.49. The second-order valence-electron chi connectivity index (χ2n) is 5.17. The number of amides is 1. The van der Waals surface area contributed by atoms with Crippen molar-refractivity contribution in [3.8, 4) is 0 Å². The molecule has 6 heteroatoms. The van der Waals surface area contributed by atoms with Crippen molar-refractivity contribution in [3.63, 3.8) is 0 Å². The maximum Gasteiger partial charge on any atom is 0.234 e. The molecule has 0 aliphatic heterocycles. The summed E-state index contributed by atoms with van der Waals surface area (Å²) >= 11 is 3.41. The van der Waals surface area contributed by atoms with Crippen molar-refractivity contribution in [1.29, 1.82) is 0 Å². The lowest BCUT2D eigenvalue weighted by Crippen LogP contribution is -2.54. The van der Waals surface area contributed by atoms with Gasteiger partial charge in [-0.1, -0.05) is 39.6 Å². The van der Waals surface area contributed by atoms with Crippen molar-refractivity contribution in [2.75, 3.05) is 0 Å². The van der Waals surface area contributed by atoms with E-state index in [0.29, 0.717) is 12.8 Å². The van der Waals surface area contributed by atoms with Crippen LogP contribution in [-0.2, 0) is 4.79 Å². The summed E-state index contributed by atoms with van der Waals surface area (Å²) in [7, 11) is 0. The van der Waals surface area contributed by atoms with Crippen LogP contribution in [0.4, 0.5) is 0 Å². The molecule has 108 valence electrons. The zero-order chi connectivity index (χ0) is 14.8. The van der Waals surface area contributed by atoms with E-state index in [1.165, 1.54) is 0 Å². The Morgan fingerprint density at radius 2 is 2.25 bits per heavy atom. The van der Waals surface area contributed by atoms with Gasteiger partial charge in [0.2, 0.25) is 5.91 Å². The maximum atomic E-state index is 12.4. The van der Waals surface area contributed by atoms with E-state index in [2.05, 4.69) is 26.4 Å². The lowest BCUT2D eigenvalue weighted by molar-refractivity contribution is -0.131. The molecule has 1 aliphatic rings. The highest BCUT2D eigenvalue weighted by molar-refractivity contribution is 9.10. The molecule has 1 atom stereocenters. The number of carbonyl (C=O) groups is 1. The Kier molecular flexibility index (Phi) is 4.32. The molecule has 0 bridgehead atoms. The fraction of sp³-hybridized carbons (Fsp3) is 0.429. The van der Waals surface area contributed by atoms with Gasteiger partial charge in [0.25, 0.3) is 0 Å². The van der Waals surface area contributed by atoms with Crippen LogP contribution in [0.1, 0.15) is 37.8 Å². The van der Waals surface area contributed by atoms with Crippen LogP contribution in [0.2, 0.25) is 0 Å². The monoisotopic (exact) mass is 339 g/mol. The molecular formula is C14H18BrN3O2. The molecule has 1 fully saturated rings. The van der Waals surface area contributed by atoms with Crippen LogP contribution in [-0.4, -0.2) is 17.0 Å². The number of halogens is 1.